The minimum Gasteiger partial charge on any atom is -0.481 e. The van der Waals surface area contributed by atoms with Gasteiger partial charge in [-0.2, -0.15) is 0 Å². The van der Waals surface area contributed by atoms with E-state index < -0.39 is 22.7 Å². The van der Waals surface area contributed by atoms with Crippen LogP contribution in [0.1, 0.15) is 19.3 Å². The molecule has 0 aliphatic heterocycles. The molecule has 0 unspecified atom stereocenters. The Labute approximate surface area is 126 Å². The van der Waals surface area contributed by atoms with Crippen molar-refractivity contribution in [1.82, 2.24) is 0 Å². The Morgan fingerprint density at radius 3 is 2.27 bits per heavy atom. The summed E-state index contributed by atoms with van der Waals surface area (Å²) in [6, 6.07) is 5.54. The number of carbonyl (C=O) groups is 2. The summed E-state index contributed by atoms with van der Waals surface area (Å²) in [5, 5.41) is 22.7. The second-order valence-electron chi connectivity index (χ2n) is 6.02. The second-order valence-corrected chi connectivity index (χ2v) is 6.02. The van der Waals surface area contributed by atoms with Crippen molar-refractivity contribution in [2.45, 2.75) is 19.3 Å². The first-order valence-corrected chi connectivity index (χ1v) is 7.25. The van der Waals surface area contributed by atoms with Gasteiger partial charge in [-0.1, -0.05) is 0 Å². The first-order chi connectivity index (χ1) is 10.5. The van der Waals surface area contributed by atoms with Gasteiger partial charge in [0, 0.05) is 17.8 Å². The number of nitrogens with one attached hydrogen (secondary N) is 1. The number of benzene rings is 1. The van der Waals surface area contributed by atoms with E-state index in [-0.39, 0.29) is 23.4 Å². The minimum atomic E-state index is -0.906. The highest BCUT2D eigenvalue weighted by Gasteiger charge is 2.53. The van der Waals surface area contributed by atoms with E-state index in [2.05, 4.69) is 5.32 Å². The number of rotatable bonds is 4. The molecular formula is C15H16N2O5. The van der Waals surface area contributed by atoms with Crippen molar-refractivity contribution in [1.29, 1.82) is 0 Å². The van der Waals surface area contributed by atoms with E-state index in [1.807, 2.05) is 0 Å². The number of hydrogen-bond donors (Lipinski definition) is 2. The van der Waals surface area contributed by atoms with Crippen molar-refractivity contribution in [3.05, 3.63) is 34.4 Å². The molecule has 0 spiro atoms. The number of non-ortho nitro benzene ring substituents is 1. The lowest BCUT2D eigenvalue weighted by atomic mass is 9.78. The molecule has 2 bridgehead atoms. The Balaban J connectivity index is 1.73. The summed E-state index contributed by atoms with van der Waals surface area (Å²) in [6.07, 6.45) is 2.57. The first-order valence-electron chi connectivity index (χ1n) is 7.25. The third kappa shape index (κ3) is 2.43. The number of hydrogen-bond acceptors (Lipinski definition) is 4. The fourth-order valence-corrected chi connectivity index (χ4v) is 3.92. The van der Waals surface area contributed by atoms with Crippen molar-refractivity contribution in [2.24, 2.45) is 23.7 Å². The van der Waals surface area contributed by atoms with Crippen molar-refractivity contribution in [3.8, 4) is 0 Å². The van der Waals surface area contributed by atoms with Crippen molar-refractivity contribution >= 4 is 23.3 Å². The summed E-state index contributed by atoms with van der Waals surface area (Å²) in [6.45, 7) is 0. The summed E-state index contributed by atoms with van der Waals surface area (Å²) in [4.78, 5) is 33.9. The van der Waals surface area contributed by atoms with Crippen LogP contribution in [-0.4, -0.2) is 21.9 Å². The van der Waals surface area contributed by atoms with Gasteiger partial charge in [0.2, 0.25) is 5.91 Å². The molecule has 0 radical (unpaired) electrons. The SMILES string of the molecule is O=C(O)[C@H]1[C@@H]2CC[C@@H](C2)[C@@H]1C(=O)Nc1ccc([N+](=O)[O-])cc1. The Bertz CT molecular complexity index is 627. The standard InChI is InChI=1S/C15H16N2O5/c18-14(16-10-3-5-11(6-4-10)17(21)22)12-8-1-2-9(7-8)13(12)15(19)20/h3-6,8-9,12-13H,1-2,7H2,(H,16,18)(H,19,20)/t8-,9+,12-,13-/m0/s1. The number of anilines is 1. The first kappa shape index (κ1) is 14.5. The highest BCUT2D eigenvalue weighted by Crippen LogP contribution is 2.52. The van der Waals surface area contributed by atoms with Gasteiger partial charge in [0.1, 0.15) is 0 Å². The highest BCUT2D eigenvalue weighted by molar-refractivity contribution is 5.96. The fourth-order valence-electron chi connectivity index (χ4n) is 3.92. The topological polar surface area (TPSA) is 110 Å². The molecule has 2 aliphatic rings. The Kier molecular flexibility index (Phi) is 3.56. The molecule has 1 amide bonds. The molecule has 0 aromatic heterocycles. The largest absolute Gasteiger partial charge is 0.481 e. The molecule has 7 heteroatoms. The molecule has 1 aromatic rings. The molecule has 2 fully saturated rings. The van der Waals surface area contributed by atoms with Gasteiger partial charge in [-0.25, -0.2) is 0 Å². The number of carboxylic acid groups (broad SMARTS) is 1. The molecule has 7 nitrogen and oxygen atoms in total. The Morgan fingerprint density at radius 1 is 1.14 bits per heavy atom. The van der Waals surface area contributed by atoms with Gasteiger partial charge in [0.25, 0.3) is 5.69 Å². The van der Waals surface area contributed by atoms with Crippen LogP contribution in [0.4, 0.5) is 11.4 Å². The number of nitro groups is 1. The molecule has 116 valence electrons. The molecule has 22 heavy (non-hydrogen) atoms. The van der Waals surface area contributed by atoms with Gasteiger partial charge in [-0.05, 0) is 43.2 Å². The highest BCUT2D eigenvalue weighted by atomic mass is 16.6. The summed E-state index contributed by atoms with van der Waals surface area (Å²) < 4.78 is 0. The van der Waals surface area contributed by atoms with E-state index in [0.717, 1.165) is 19.3 Å². The van der Waals surface area contributed by atoms with Crippen molar-refractivity contribution < 1.29 is 19.6 Å². The molecule has 1 aromatic carbocycles. The number of nitro benzene ring substituents is 1. The third-order valence-corrected chi connectivity index (χ3v) is 4.85. The third-order valence-electron chi connectivity index (χ3n) is 4.85. The lowest BCUT2D eigenvalue weighted by molar-refractivity contribution is -0.384. The van der Waals surface area contributed by atoms with Gasteiger partial charge >= 0.3 is 5.97 Å². The Hall–Kier alpha value is -2.44. The Morgan fingerprint density at radius 2 is 1.73 bits per heavy atom. The molecule has 2 aliphatic carbocycles. The van der Waals surface area contributed by atoms with Gasteiger partial charge in [0.15, 0.2) is 0 Å². The lowest BCUT2D eigenvalue weighted by Crippen LogP contribution is -2.37. The van der Waals surface area contributed by atoms with Gasteiger partial charge in [0.05, 0.1) is 16.8 Å². The predicted octanol–water partition coefficient (Wildman–Crippen LogP) is 2.28. The van der Waals surface area contributed by atoms with Gasteiger partial charge in [-0.3, -0.25) is 19.7 Å². The maximum atomic E-state index is 12.4. The van der Waals surface area contributed by atoms with Crippen molar-refractivity contribution in [2.75, 3.05) is 5.32 Å². The van der Waals surface area contributed by atoms with Crippen LogP contribution in [0.15, 0.2) is 24.3 Å². The summed E-state index contributed by atoms with van der Waals surface area (Å²) in [7, 11) is 0. The van der Waals surface area contributed by atoms with Crippen LogP contribution in [0.25, 0.3) is 0 Å². The molecule has 4 atom stereocenters. The number of fused-ring (bicyclic) bond motifs is 2. The summed E-state index contributed by atoms with van der Waals surface area (Å²) >= 11 is 0. The molecule has 2 N–H and O–H groups in total. The van der Waals surface area contributed by atoms with E-state index in [1.54, 1.807) is 0 Å². The second kappa shape index (κ2) is 5.40. The summed E-state index contributed by atoms with van der Waals surface area (Å²) in [5.41, 5.74) is 0.392. The van der Waals surface area contributed by atoms with Crippen LogP contribution in [-0.2, 0) is 9.59 Å². The van der Waals surface area contributed by atoms with Crippen molar-refractivity contribution in [3.63, 3.8) is 0 Å². The number of nitrogens with zero attached hydrogens (tertiary/aromatic N) is 1. The quantitative estimate of drug-likeness (QED) is 0.655. The smallest absolute Gasteiger partial charge is 0.307 e. The van der Waals surface area contributed by atoms with Crippen LogP contribution >= 0.6 is 0 Å². The van der Waals surface area contributed by atoms with Crippen LogP contribution < -0.4 is 5.32 Å². The molecule has 0 saturated heterocycles. The van der Waals surface area contributed by atoms with E-state index >= 15 is 0 Å². The number of carboxylic acids is 1. The van der Waals surface area contributed by atoms with Crippen LogP contribution in [0, 0.1) is 33.8 Å². The summed E-state index contributed by atoms with van der Waals surface area (Å²) in [5.74, 6) is -2.10. The minimum absolute atomic E-state index is 0.0543. The fraction of sp³-hybridized carbons (Fsp3) is 0.467. The van der Waals surface area contributed by atoms with E-state index in [4.69, 9.17) is 0 Å². The number of aliphatic carboxylic acids is 1. The predicted molar refractivity (Wildman–Crippen MR) is 77.2 cm³/mol. The van der Waals surface area contributed by atoms with E-state index in [9.17, 15) is 24.8 Å². The average Bonchev–Trinajstić information content (AvgIpc) is 3.08. The molecular weight excluding hydrogens is 288 g/mol. The van der Waals surface area contributed by atoms with Crippen LogP contribution in [0.2, 0.25) is 0 Å². The number of amides is 1. The number of carbonyl (C=O) groups excluding carboxylic acids is 1. The zero-order chi connectivity index (χ0) is 15.9. The maximum absolute atomic E-state index is 12.4. The normalized spacial score (nSPS) is 29.3. The zero-order valence-corrected chi connectivity index (χ0v) is 11.8. The average molecular weight is 304 g/mol. The van der Waals surface area contributed by atoms with Gasteiger partial charge < -0.3 is 10.4 Å². The maximum Gasteiger partial charge on any atom is 0.307 e. The molecule has 3 rings (SSSR count). The van der Waals surface area contributed by atoms with E-state index in [1.165, 1.54) is 24.3 Å². The van der Waals surface area contributed by atoms with Gasteiger partial charge in [-0.15, -0.1) is 0 Å². The van der Waals surface area contributed by atoms with E-state index in [0.29, 0.717) is 5.69 Å². The van der Waals surface area contributed by atoms with Crippen LogP contribution in [0.5, 0.6) is 0 Å². The molecule has 0 heterocycles. The molecule has 2 saturated carbocycles. The monoisotopic (exact) mass is 304 g/mol. The zero-order valence-electron chi connectivity index (χ0n) is 11.8. The lowest BCUT2D eigenvalue weighted by Gasteiger charge is -2.27. The van der Waals surface area contributed by atoms with Crippen LogP contribution in [0.3, 0.4) is 0 Å².